The zero-order valence-corrected chi connectivity index (χ0v) is 18.4. The topological polar surface area (TPSA) is 58.6 Å². The van der Waals surface area contributed by atoms with Gasteiger partial charge in [0.25, 0.3) is 5.91 Å². The lowest BCUT2D eigenvalue weighted by molar-refractivity contribution is -0.124. The van der Waals surface area contributed by atoms with Gasteiger partial charge in [-0.15, -0.1) is 0 Å². The number of amides is 2. The predicted octanol–water partition coefficient (Wildman–Crippen LogP) is 4.70. The zero-order chi connectivity index (χ0) is 22.0. The SMILES string of the molecule is Cc1cccc(C=C2Oc3ccccc3N(CC(=O)NC3CCCC(C)C3C)C2=O)c1. The second-order valence-electron chi connectivity index (χ2n) is 8.83. The number of hydrogen-bond acceptors (Lipinski definition) is 3. The first kappa shape index (κ1) is 21.2. The summed E-state index contributed by atoms with van der Waals surface area (Å²) in [4.78, 5) is 27.7. The molecule has 1 heterocycles. The van der Waals surface area contributed by atoms with Crippen molar-refractivity contribution in [3.8, 4) is 5.75 Å². The number of nitrogens with zero attached hydrogens (tertiary/aromatic N) is 1. The highest BCUT2D eigenvalue weighted by molar-refractivity contribution is 6.12. The summed E-state index contributed by atoms with van der Waals surface area (Å²) in [5.41, 5.74) is 2.61. The van der Waals surface area contributed by atoms with Gasteiger partial charge in [0.05, 0.1) is 5.69 Å². The van der Waals surface area contributed by atoms with Crippen molar-refractivity contribution in [1.82, 2.24) is 5.32 Å². The van der Waals surface area contributed by atoms with Gasteiger partial charge in [0.1, 0.15) is 6.54 Å². The van der Waals surface area contributed by atoms with Crippen molar-refractivity contribution in [3.63, 3.8) is 0 Å². The van der Waals surface area contributed by atoms with Gasteiger partial charge in [-0.25, -0.2) is 0 Å². The Balaban J connectivity index is 1.57. The standard InChI is InChI=1S/C26H30N2O3/c1-17-8-6-10-20(14-17)15-24-26(30)28(22-12-4-5-13-23(22)31-24)16-25(29)27-21-11-7-9-18(2)19(21)3/h4-6,8,10,12-15,18-19,21H,7,9,11,16H2,1-3H3,(H,27,29). The molecule has 0 aromatic heterocycles. The molecular formula is C26H30N2O3. The van der Waals surface area contributed by atoms with Crippen molar-refractivity contribution in [2.45, 2.75) is 46.1 Å². The Morgan fingerprint density at radius 2 is 1.97 bits per heavy atom. The molecule has 0 radical (unpaired) electrons. The molecule has 0 bridgehead atoms. The second-order valence-corrected chi connectivity index (χ2v) is 8.83. The molecule has 0 spiro atoms. The Bertz CT molecular complexity index is 1010. The highest BCUT2D eigenvalue weighted by Gasteiger charge is 2.33. The van der Waals surface area contributed by atoms with E-state index in [1.54, 1.807) is 6.08 Å². The number of carbonyl (C=O) groups is 2. The van der Waals surface area contributed by atoms with Crippen LogP contribution in [-0.4, -0.2) is 24.4 Å². The fraction of sp³-hybridized carbons (Fsp3) is 0.385. The number of carbonyl (C=O) groups excluding carboxylic acids is 2. The first-order valence-electron chi connectivity index (χ1n) is 11.1. The van der Waals surface area contributed by atoms with Crippen LogP contribution < -0.4 is 15.0 Å². The average molecular weight is 419 g/mol. The summed E-state index contributed by atoms with van der Waals surface area (Å²) in [5, 5.41) is 3.18. The molecule has 1 N–H and O–H groups in total. The smallest absolute Gasteiger partial charge is 0.294 e. The number of anilines is 1. The Labute approximate surface area is 184 Å². The van der Waals surface area contributed by atoms with E-state index >= 15 is 0 Å². The third-order valence-electron chi connectivity index (χ3n) is 6.53. The van der Waals surface area contributed by atoms with Crippen LogP contribution in [-0.2, 0) is 9.59 Å². The lowest BCUT2D eigenvalue weighted by Gasteiger charge is -2.35. The summed E-state index contributed by atoms with van der Waals surface area (Å²) >= 11 is 0. The monoisotopic (exact) mass is 418 g/mol. The lowest BCUT2D eigenvalue weighted by atomic mass is 9.78. The molecule has 2 amide bonds. The number of fused-ring (bicyclic) bond motifs is 1. The van der Waals surface area contributed by atoms with Crippen LogP contribution in [0.5, 0.6) is 5.75 Å². The molecule has 2 aliphatic rings. The first-order valence-corrected chi connectivity index (χ1v) is 11.1. The van der Waals surface area contributed by atoms with E-state index in [1.165, 1.54) is 11.3 Å². The fourth-order valence-electron chi connectivity index (χ4n) is 4.51. The van der Waals surface area contributed by atoms with Gasteiger partial charge in [0.15, 0.2) is 11.5 Å². The minimum absolute atomic E-state index is 0.0258. The van der Waals surface area contributed by atoms with Crippen LogP contribution in [0.25, 0.3) is 6.08 Å². The molecular weight excluding hydrogens is 388 g/mol. The van der Waals surface area contributed by atoms with E-state index in [0.29, 0.717) is 23.3 Å². The summed E-state index contributed by atoms with van der Waals surface area (Å²) in [6, 6.07) is 15.4. The molecule has 5 nitrogen and oxygen atoms in total. The van der Waals surface area contributed by atoms with Crippen LogP contribution in [0, 0.1) is 18.8 Å². The molecule has 4 rings (SSSR count). The van der Waals surface area contributed by atoms with Crippen molar-refractivity contribution < 1.29 is 14.3 Å². The van der Waals surface area contributed by atoms with Crippen LogP contribution >= 0.6 is 0 Å². The number of nitrogens with one attached hydrogen (secondary N) is 1. The quantitative estimate of drug-likeness (QED) is 0.732. The van der Waals surface area contributed by atoms with Crippen molar-refractivity contribution >= 4 is 23.6 Å². The van der Waals surface area contributed by atoms with E-state index in [-0.39, 0.29) is 30.2 Å². The van der Waals surface area contributed by atoms with E-state index in [4.69, 9.17) is 4.74 Å². The van der Waals surface area contributed by atoms with Gasteiger partial charge in [-0.1, -0.05) is 68.7 Å². The Morgan fingerprint density at radius 1 is 1.16 bits per heavy atom. The third kappa shape index (κ3) is 4.66. The van der Waals surface area contributed by atoms with Crippen molar-refractivity contribution in [3.05, 3.63) is 65.4 Å². The molecule has 1 aliphatic carbocycles. The normalized spacial score (nSPS) is 24.5. The maximum absolute atomic E-state index is 13.3. The van der Waals surface area contributed by atoms with Gasteiger partial charge in [0, 0.05) is 6.04 Å². The second kappa shape index (κ2) is 8.96. The molecule has 5 heteroatoms. The molecule has 31 heavy (non-hydrogen) atoms. The van der Waals surface area contributed by atoms with Crippen LogP contribution in [0.4, 0.5) is 5.69 Å². The van der Waals surface area contributed by atoms with Gasteiger partial charge in [-0.3, -0.25) is 14.5 Å². The minimum Gasteiger partial charge on any atom is -0.449 e. The zero-order valence-electron chi connectivity index (χ0n) is 18.4. The van der Waals surface area contributed by atoms with Gasteiger partial charge < -0.3 is 10.1 Å². The van der Waals surface area contributed by atoms with Crippen molar-refractivity contribution in [2.75, 3.05) is 11.4 Å². The Hall–Kier alpha value is -3.08. The van der Waals surface area contributed by atoms with Gasteiger partial charge in [-0.2, -0.15) is 0 Å². The highest BCUT2D eigenvalue weighted by Crippen LogP contribution is 2.35. The molecule has 1 aliphatic heterocycles. The van der Waals surface area contributed by atoms with Crippen molar-refractivity contribution in [1.29, 1.82) is 0 Å². The molecule has 3 unspecified atom stereocenters. The van der Waals surface area contributed by atoms with Crippen LogP contribution in [0.2, 0.25) is 0 Å². The molecule has 162 valence electrons. The number of aryl methyl sites for hydroxylation is 1. The van der Waals surface area contributed by atoms with Gasteiger partial charge >= 0.3 is 0 Å². The van der Waals surface area contributed by atoms with E-state index in [1.807, 2.05) is 55.5 Å². The van der Waals surface area contributed by atoms with Gasteiger partial charge in [0.2, 0.25) is 5.91 Å². The molecule has 2 aromatic rings. The Morgan fingerprint density at radius 3 is 2.77 bits per heavy atom. The molecule has 3 atom stereocenters. The minimum atomic E-state index is -0.305. The van der Waals surface area contributed by atoms with E-state index < -0.39 is 0 Å². The summed E-state index contributed by atoms with van der Waals surface area (Å²) < 4.78 is 5.92. The molecule has 1 saturated carbocycles. The lowest BCUT2D eigenvalue weighted by Crippen LogP contribution is -2.49. The summed E-state index contributed by atoms with van der Waals surface area (Å²) in [7, 11) is 0. The maximum Gasteiger partial charge on any atom is 0.294 e. The molecule has 1 fully saturated rings. The summed E-state index contributed by atoms with van der Waals surface area (Å²) in [6.07, 6.45) is 5.06. The molecule has 0 saturated heterocycles. The number of benzene rings is 2. The van der Waals surface area contributed by atoms with Crippen LogP contribution in [0.15, 0.2) is 54.3 Å². The van der Waals surface area contributed by atoms with Crippen LogP contribution in [0.1, 0.15) is 44.2 Å². The summed E-state index contributed by atoms with van der Waals surface area (Å²) in [6.45, 7) is 6.42. The van der Waals surface area contributed by atoms with E-state index in [2.05, 4.69) is 19.2 Å². The number of hydrogen-bond donors (Lipinski definition) is 1. The average Bonchev–Trinajstić information content (AvgIpc) is 2.74. The Kier molecular flexibility index (Phi) is 6.12. The van der Waals surface area contributed by atoms with Crippen LogP contribution in [0.3, 0.4) is 0 Å². The van der Waals surface area contributed by atoms with E-state index in [9.17, 15) is 9.59 Å². The number of para-hydroxylation sites is 2. The fourth-order valence-corrected chi connectivity index (χ4v) is 4.51. The number of rotatable bonds is 4. The first-order chi connectivity index (χ1) is 14.9. The highest BCUT2D eigenvalue weighted by atomic mass is 16.5. The van der Waals surface area contributed by atoms with E-state index in [0.717, 1.165) is 24.0 Å². The van der Waals surface area contributed by atoms with Crippen molar-refractivity contribution in [2.24, 2.45) is 11.8 Å². The largest absolute Gasteiger partial charge is 0.449 e. The van der Waals surface area contributed by atoms with Gasteiger partial charge in [-0.05, 0) is 49.0 Å². The third-order valence-corrected chi connectivity index (χ3v) is 6.53. The maximum atomic E-state index is 13.3. The summed E-state index contributed by atoms with van der Waals surface area (Å²) in [5.74, 6) is 1.38. The molecule has 2 aromatic carbocycles. The predicted molar refractivity (Wildman–Crippen MR) is 123 cm³/mol. The number of ether oxygens (including phenoxy) is 1.